The van der Waals surface area contributed by atoms with E-state index in [-0.39, 0.29) is 12.1 Å². The van der Waals surface area contributed by atoms with Crippen molar-refractivity contribution in [3.63, 3.8) is 0 Å². The molecule has 2 atom stereocenters. The standard InChI is InChI=1S/C16H14BrN5/c17-13-5-1-3-11(7-13)15-8-14(12-4-2-6-18-9-12)21-16-19-10-20-22(15)16/h1-7,9-10,14-15H,8H2,(H,19,20,21)/t14-,15-/m0/s1. The van der Waals surface area contributed by atoms with Crippen LogP contribution in [0.25, 0.3) is 0 Å². The van der Waals surface area contributed by atoms with Gasteiger partial charge in [-0.3, -0.25) is 4.98 Å². The molecule has 0 fully saturated rings. The lowest BCUT2D eigenvalue weighted by atomic mass is 9.94. The molecule has 5 nitrogen and oxygen atoms in total. The highest BCUT2D eigenvalue weighted by molar-refractivity contribution is 9.10. The Bertz CT molecular complexity index is 786. The molecule has 0 radical (unpaired) electrons. The number of pyridine rings is 1. The first-order valence-electron chi connectivity index (χ1n) is 7.13. The van der Waals surface area contributed by atoms with Crippen molar-refractivity contribution in [1.29, 1.82) is 0 Å². The van der Waals surface area contributed by atoms with E-state index in [1.54, 1.807) is 12.5 Å². The van der Waals surface area contributed by atoms with Crippen molar-refractivity contribution < 1.29 is 0 Å². The van der Waals surface area contributed by atoms with Gasteiger partial charge in [0.05, 0.1) is 12.1 Å². The number of nitrogens with zero attached hydrogens (tertiary/aromatic N) is 4. The van der Waals surface area contributed by atoms with Crippen LogP contribution in [0, 0.1) is 0 Å². The highest BCUT2D eigenvalue weighted by Gasteiger charge is 2.29. The average molecular weight is 356 g/mol. The molecule has 0 bridgehead atoms. The first-order valence-corrected chi connectivity index (χ1v) is 7.92. The molecule has 0 saturated carbocycles. The predicted molar refractivity (Wildman–Crippen MR) is 87.5 cm³/mol. The lowest BCUT2D eigenvalue weighted by molar-refractivity contribution is 0.430. The Hall–Kier alpha value is -2.21. The minimum absolute atomic E-state index is 0.154. The third kappa shape index (κ3) is 2.39. The summed E-state index contributed by atoms with van der Waals surface area (Å²) in [5, 5.41) is 7.83. The number of aromatic nitrogens is 4. The van der Waals surface area contributed by atoms with Gasteiger partial charge in [0.2, 0.25) is 5.95 Å². The fourth-order valence-electron chi connectivity index (χ4n) is 2.91. The van der Waals surface area contributed by atoms with Gasteiger partial charge in [0.25, 0.3) is 0 Å². The molecular weight excluding hydrogens is 342 g/mol. The van der Waals surface area contributed by atoms with Gasteiger partial charge in [0, 0.05) is 16.9 Å². The number of hydrogen-bond donors (Lipinski definition) is 1. The summed E-state index contributed by atoms with van der Waals surface area (Å²) >= 11 is 3.55. The Morgan fingerprint density at radius 3 is 2.91 bits per heavy atom. The van der Waals surface area contributed by atoms with Crippen LogP contribution in [0.3, 0.4) is 0 Å². The van der Waals surface area contributed by atoms with Gasteiger partial charge in [0.15, 0.2) is 0 Å². The highest BCUT2D eigenvalue weighted by atomic mass is 79.9. The van der Waals surface area contributed by atoms with E-state index in [2.05, 4.69) is 60.6 Å². The van der Waals surface area contributed by atoms with E-state index in [4.69, 9.17) is 0 Å². The molecule has 3 heterocycles. The molecule has 0 unspecified atom stereocenters. The van der Waals surface area contributed by atoms with Crippen molar-refractivity contribution in [2.24, 2.45) is 0 Å². The van der Waals surface area contributed by atoms with Crippen LogP contribution >= 0.6 is 15.9 Å². The van der Waals surface area contributed by atoms with Crippen molar-refractivity contribution in [2.45, 2.75) is 18.5 Å². The van der Waals surface area contributed by atoms with E-state index in [0.717, 1.165) is 22.4 Å². The molecule has 1 aliphatic rings. The Kier molecular flexibility index (Phi) is 3.38. The molecule has 2 aromatic heterocycles. The molecule has 0 amide bonds. The Balaban J connectivity index is 1.75. The summed E-state index contributed by atoms with van der Waals surface area (Å²) in [4.78, 5) is 8.56. The SMILES string of the molecule is Brc1cccc([C@@H]2C[C@@H](c3cccnc3)Nc3ncnn32)c1. The van der Waals surface area contributed by atoms with Gasteiger partial charge in [-0.15, -0.1) is 0 Å². The van der Waals surface area contributed by atoms with Gasteiger partial charge in [-0.05, 0) is 35.7 Å². The molecule has 0 saturated heterocycles. The second-order valence-electron chi connectivity index (χ2n) is 5.32. The second-order valence-corrected chi connectivity index (χ2v) is 6.23. The molecule has 4 rings (SSSR count). The molecule has 1 N–H and O–H groups in total. The van der Waals surface area contributed by atoms with Crippen LogP contribution in [0.4, 0.5) is 5.95 Å². The highest BCUT2D eigenvalue weighted by Crippen LogP contribution is 2.37. The maximum Gasteiger partial charge on any atom is 0.222 e. The van der Waals surface area contributed by atoms with Gasteiger partial charge in [-0.25, -0.2) is 4.68 Å². The summed E-state index contributed by atoms with van der Waals surface area (Å²) in [6.07, 6.45) is 6.19. The zero-order chi connectivity index (χ0) is 14.9. The maximum absolute atomic E-state index is 4.38. The monoisotopic (exact) mass is 355 g/mol. The zero-order valence-electron chi connectivity index (χ0n) is 11.7. The Morgan fingerprint density at radius 2 is 2.09 bits per heavy atom. The quantitative estimate of drug-likeness (QED) is 0.763. The number of benzene rings is 1. The fraction of sp³-hybridized carbons (Fsp3) is 0.188. The van der Waals surface area contributed by atoms with E-state index in [0.29, 0.717) is 0 Å². The number of rotatable bonds is 2. The van der Waals surface area contributed by atoms with Gasteiger partial charge in [-0.1, -0.05) is 34.1 Å². The van der Waals surface area contributed by atoms with Crippen molar-refractivity contribution in [2.75, 3.05) is 5.32 Å². The van der Waals surface area contributed by atoms with Gasteiger partial charge in [-0.2, -0.15) is 10.1 Å². The van der Waals surface area contributed by atoms with E-state index < -0.39 is 0 Å². The number of hydrogen-bond acceptors (Lipinski definition) is 4. The van der Waals surface area contributed by atoms with E-state index in [9.17, 15) is 0 Å². The summed E-state index contributed by atoms with van der Waals surface area (Å²) in [6, 6.07) is 12.7. The van der Waals surface area contributed by atoms with Crippen LogP contribution in [0.2, 0.25) is 0 Å². The third-order valence-electron chi connectivity index (χ3n) is 3.95. The lowest BCUT2D eigenvalue weighted by Crippen LogP contribution is -2.28. The molecule has 0 spiro atoms. The van der Waals surface area contributed by atoms with Gasteiger partial charge in [0.1, 0.15) is 6.33 Å². The largest absolute Gasteiger partial charge is 0.347 e. The third-order valence-corrected chi connectivity index (χ3v) is 4.44. The summed E-state index contributed by atoms with van der Waals surface area (Å²) in [7, 11) is 0. The van der Waals surface area contributed by atoms with Crippen molar-refractivity contribution >= 4 is 21.9 Å². The summed E-state index contributed by atoms with van der Waals surface area (Å²) in [5.41, 5.74) is 2.38. The summed E-state index contributed by atoms with van der Waals surface area (Å²) in [5.74, 6) is 0.796. The smallest absolute Gasteiger partial charge is 0.222 e. The van der Waals surface area contributed by atoms with E-state index in [1.165, 1.54) is 5.56 Å². The van der Waals surface area contributed by atoms with Crippen LogP contribution in [-0.4, -0.2) is 19.7 Å². The van der Waals surface area contributed by atoms with Crippen LogP contribution in [-0.2, 0) is 0 Å². The first-order chi connectivity index (χ1) is 10.8. The lowest BCUT2D eigenvalue weighted by Gasteiger charge is -2.31. The van der Waals surface area contributed by atoms with Crippen LogP contribution < -0.4 is 5.32 Å². The Morgan fingerprint density at radius 1 is 1.18 bits per heavy atom. The van der Waals surface area contributed by atoms with Crippen LogP contribution in [0.15, 0.2) is 59.6 Å². The molecule has 1 aliphatic heterocycles. The minimum atomic E-state index is 0.154. The van der Waals surface area contributed by atoms with E-state index >= 15 is 0 Å². The molecule has 1 aromatic carbocycles. The van der Waals surface area contributed by atoms with Crippen molar-refractivity contribution in [3.8, 4) is 0 Å². The molecule has 6 heteroatoms. The number of fused-ring (bicyclic) bond motifs is 1. The Labute approximate surface area is 136 Å². The number of anilines is 1. The molecule has 22 heavy (non-hydrogen) atoms. The molecule has 110 valence electrons. The zero-order valence-corrected chi connectivity index (χ0v) is 13.3. The molecule has 3 aromatic rings. The average Bonchev–Trinajstić information content (AvgIpc) is 3.03. The van der Waals surface area contributed by atoms with Crippen molar-refractivity contribution in [3.05, 3.63) is 70.7 Å². The first kappa shape index (κ1) is 13.5. The van der Waals surface area contributed by atoms with E-state index in [1.807, 2.05) is 23.0 Å². The summed E-state index contributed by atoms with van der Waals surface area (Å²) in [6.45, 7) is 0. The van der Waals surface area contributed by atoms with Crippen LogP contribution in [0.1, 0.15) is 29.6 Å². The second kappa shape index (κ2) is 5.53. The maximum atomic E-state index is 4.38. The van der Waals surface area contributed by atoms with Crippen molar-refractivity contribution in [1.82, 2.24) is 19.7 Å². The fourth-order valence-corrected chi connectivity index (χ4v) is 3.33. The molecular formula is C16H14BrN5. The minimum Gasteiger partial charge on any atom is -0.347 e. The topological polar surface area (TPSA) is 55.6 Å². The van der Waals surface area contributed by atoms with Crippen LogP contribution in [0.5, 0.6) is 0 Å². The molecule has 0 aliphatic carbocycles. The van der Waals surface area contributed by atoms with Gasteiger partial charge >= 0.3 is 0 Å². The predicted octanol–water partition coefficient (Wildman–Crippen LogP) is 3.58. The number of nitrogens with one attached hydrogen (secondary N) is 1. The van der Waals surface area contributed by atoms with Gasteiger partial charge < -0.3 is 5.32 Å². The normalized spacial score (nSPS) is 20.2. The summed E-state index contributed by atoms with van der Waals surface area (Å²) < 4.78 is 3.03. The number of halogens is 1.